The Kier molecular flexibility index (Phi) is 23.8. The summed E-state index contributed by atoms with van der Waals surface area (Å²) in [4.78, 5) is 17.9. The lowest BCUT2D eigenvalue weighted by molar-refractivity contribution is -0.00100. The molecular formula is C21H42ClI2N7-2. The van der Waals surface area contributed by atoms with Crippen molar-refractivity contribution in [3.05, 3.63) is 5.28 Å². The lowest BCUT2D eigenvalue weighted by Gasteiger charge is -2.21. The Bertz CT molecular complexity index is 486. The van der Waals surface area contributed by atoms with Gasteiger partial charge in [0.2, 0.25) is 17.2 Å². The summed E-state index contributed by atoms with van der Waals surface area (Å²) in [6.07, 6.45) is 6.88. The fraction of sp³-hybridized carbons (Fsp3) is 0.857. The Morgan fingerprint density at radius 3 is 1.29 bits per heavy atom. The number of nitrogens with one attached hydrogen (secondary N) is 2. The zero-order valence-electron chi connectivity index (χ0n) is 19.8. The zero-order valence-corrected chi connectivity index (χ0v) is 24.8. The minimum absolute atomic E-state index is 0. The Morgan fingerprint density at radius 2 is 0.968 bits per heavy atom. The van der Waals surface area contributed by atoms with E-state index >= 15 is 0 Å². The smallest absolute Gasteiger partial charge is 0.228 e. The van der Waals surface area contributed by atoms with Gasteiger partial charge in [0.15, 0.2) is 0 Å². The summed E-state index contributed by atoms with van der Waals surface area (Å²) in [5.74, 6) is 1.09. The molecule has 1 aromatic heterocycles. The van der Waals surface area contributed by atoms with Crippen molar-refractivity contribution in [2.24, 2.45) is 0 Å². The van der Waals surface area contributed by atoms with Gasteiger partial charge in [-0.05, 0) is 89.4 Å². The second-order valence-electron chi connectivity index (χ2n) is 7.50. The molecule has 0 spiro atoms. The highest BCUT2D eigenvalue weighted by Crippen LogP contribution is 2.10. The third kappa shape index (κ3) is 16.5. The van der Waals surface area contributed by atoms with Gasteiger partial charge in [-0.25, -0.2) is 0 Å². The van der Waals surface area contributed by atoms with Crippen LogP contribution in [0.5, 0.6) is 0 Å². The fourth-order valence-electron chi connectivity index (χ4n) is 3.45. The quantitative estimate of drug-likeness (QED) is 0.143. The minimum atomic E-state index is 0. The molecule has 0 amide bonds. The molecule has 2 N–H and O–H groups in total. The van der Waals surface area contributed by atoms with E-state index in [2.05, 4.69) is 63.1 Å². The normalized spacial score (nSPS) is 10.7. The molecule has 0 atom stereocenters. The fourth-order valence-corrected chi connectivity index (χ4v) is 3.61. The largest absolute Gasteiger partial charge is 1.00 e. The van der Waals surface area contributed by atoms with E-state index in [1.807, 2.05) is 0 Å². The monoisotopic (exact) mass is 681 g/mol. The number of hydrogen-bond donors (Lipinski definition) is 2. The third-order valence-electron chi connectivity index (χ3n) is 4.64. The van der Waals surface area contributed by atoms with Crippen molar-refractivity contribution in [1.29, 1.82) is 0 Å². The van der Waals surface area contributed by atoms with Crippen molar-refractivity contribution >= 4 is 23.5 Å². The first-order valence-corrected chi connectivity index (χ1v) is 11.8. The molecule has 0 aliphatic rings. The van der Waals surface area contributed by atoms with Gasteiger partial charge in [0.25, 0.3) is 0 Å². The predicted molar refractivity (Wildman–Crippen MR) is 125 cm³/mol. The van der Waals surface area contributed by atoms with Gasteiger partial charge in [0, 0.05) is 13.1 Å². The lowest BCUT2D eigenvalue weighted by Crippen LogP contribution is -3.00. The molecule has 0 fully saturated rings. The van der Waals surface area contributed by atoms with E-state index in [9.17, 15) is 0 Å². The van der Waals surface area contributed by atoms with Gasteiger partial charge in [0.05, 0.1) is 0 Å². The molecule has 1 aromatic rings. The van der Waals surface area contributed by atoms with Crippen LogP contribution < -0.4 is 58.6 Å². The summed E-state index contributed by atoms with van der Waals surface area (Å²) in [6, 6.07) is 0. The van der Waals surface area contributed by atoms with E-state index in [1.165, 1.54) is 25.7 Å². The molecule has 1 heterocycles. The Labute approximate surface area is 229 Å². The maximum Gasteiger partial charge on any atom is 0.228 e. The molecule has 10 heteroatoms. The van der Waals surface area contributed by atoms with E-state index in [0.717, 1.165) is 65.2 Å². The summed E-state index contributed by atoms with van der Waals surface area (Å²) in [5, 5.41) is 6.80. The lowest BCUT2D eigenvalue weighted by atomic mass is 10.3. The van der Waals surface area contributed by atoms with Crippen molar-refractivity contribution in [1.82, 2.24) is 24.8 Å². The average molecular weight is 682 g/mol. The van der Waals surface area contributed by atoms with Crippen LogP contribution in [0.15, 0.2) is 0 Å². The molecule has 31 heavy (non-hydrogen) atoms. The van der Waals surface area contributed by atoms with Gasteiger partial charge in [-0.15, -0.1) is 0 Å². The predicted octanol–water partition coefficient (Wildman–Crippen LogP) is -1.62. The van der Waals surface area contributed by atoms with Gasteiger partial charge in [-0.1, -0.05) is 27.7 Å². The van der Waals surface area contributed by atoms with Gasteiger partial charge < -0.3 is 68.4 Å². The SMILES string of the molecule is CCCN(CCC)CCCNc1nc(Cl)nc(NCCCN(CCC)CCC)n1.[I-].[I-]. The van der Waals surface area contributed by atoms with Gasteiger partial charge in [-0.3, -0.25) is 0 Å². The highest BCUT2D eigenvalue weighted by Gasteiger charge is 2.07. The third-order valence-corrected chi connectivity index (χ3v) is 4.80. The van der Waals surface area contributed by atoms with Crippen LogP contribution in [0, 0.1) is 0 Å². The van der Waals surface area contributed by atoms with Gasteiger partial charge >= 0.3 is 0 Å². The average Bonchev–Trinajstić information content (AvgIpc) is 2.69. The molecule has 0 aliphatic heterocycles. The van der Waals surface area contributed by atoms with Crippen molar-refractivity contribution in [3.8, 4) is 0 Å². The second kappa shape index (κ2) is 22.1. The Balaban J connectivity index is 0. The van der Waals surface area contributed by atoms with E-state index < -0.39 is 0 Å². The van der Waals surface area contributed by atoms with Gasteiger partial charge in [0.1, 0.15) is 0 Å². The molecule has 0 unspecified atom stereocenters. The van der Waals surface area contributed by atoms with E-state index in [4.69, 9.17) is 11.6 Å². The van der Waals surface area contributed by atoms with E-state index in [1.54, 1.807) is 0 Å². The van der Waals surface area contributed by atoms with Crippen molar-refractivity contribution < 1.29 is 48.0 Å². The van der Waals surface area contributed by atoms with Crippen LogP contribution in [-0.2, 0) is 0 Å². The van der Waals surface area contributed by atoms with Crippen molar-refractivity contribution in [2.75, 3.05) is 63.0 Å². The maximum absolute atomic E-state index is 6.08. The number of hydrogen-bond acceptors (Lipinski definition) is 7. The molecule has 7 nitrogen and oxygen atoms in total. The van der Waals surface area contributed by atoms with Crippen LogP contribution in [0.1, 0.15) is 66.2 Å². The van der Waals surface area contributed by atoms with Crippen LogP contribution in [0.4, 0.5) is 11.9 Å². The van der Waals surface area contributed by atoms with E-state index in [0.29, 0.717) is 11.9 Å². The highest BCUT2D eigenvalue weighted by atomic mass is 127. The molecule has 1 rings (SSSR count). The first-order chi connectivity index (χ1) is 14.1. The number of halogens is 3. The standard InChI is InChI=1S/C21H42ClN7.2HI/c1-5-13-28(14-6-2)17-9-11-23-20-25-19(22)26-21(27-20)24-12-10-18-29(15-7-3)16-8-4;;/h5-18H2,1-4H3,(H2,23,24,25,26,27);2*1H/p-2. The Hall–Kier alpha value is 0.280. The molecule has 0 aromatic carbocycles. The molecule has 0 bridgehead atoms. The van der Waals surface area contributed by atoms with Crippen LogP contribution >= 0.6 is 11.6 Å². The van der Waals surface area contributed by atoms with Gasteiger partial charge in [-0.2, -0.15) is 15.0 Å². The van der Waals surface area contributed by atoms with Crippen LogP contribution in [0.25, 0.3) is 0 Å². The first kappa shape index (κ1) is 33.5. The number of anilines is 2. The van der Waals surface area contributed by atoms with Crippen LogP contribution in [0.3, 0.4) is 0 Å². The summed E-state index contributed by atoms with van der Waals surface area (Å²) in [7, 11) is 0. The maximum atomic E-state index is 6.08. The molecule has 0 saturated carbocycles. The number of nitrogens with zero attached hydrogens (tertiary/aromatic N) is 5. The molecular weight excluding hydrogens is 640 g/mol. The topological polar surface area (TPSA) is 69.2 Å². The van der Waals surface area contributed by atoms with Crippen LogP contribution in [0.2, 0.25) is 5.28 Å². The minimum Gasteiger partial charge on any atom is -1.00 e. The number of rotatable bonds is 18. The summed E-state index contributed by atoms with van der Waals surface area (Å²) < 4.78 is 0. The van der Waals surface area contributed by atoms with E-state index in [-0.39, 0.29) is 53.2 Å². The molecule has 184 valence electrons. The highest BCUT2D eigenvalue weighted by molar-refractivity contribution is 6.28. The Morgan fingerprint density at radius 1 is 0.613 bits per heavy atom. The molecule has 0 saturated heterocycles. The number of aromatic nitrogens is 3. The summed E-state index contributed by atoms with van der Waals surface area (Å²) in [6.45, 7) is 17.4. The second-order valence-corrected chi connectivity index (χ2v) is 7.83. The molecule has 0 aliphatic carbocycles. The van der Waals surface area contributed by atoms with Crippen LogP contribution in [-0.4, -0.2) is 77.1 Å². The zero-order chi connectivity index (χ0) is 21.3. The van der Waals surface area contributed by atoms with Crippen molar-refractivity contribution in [2.45, 2.75) is 66.2 Å². The summed E-state index contributed by atoms with van der Waals surface area (Å²) in [5.41, 5.74) is 0. The molecule has 0 radical (unpaired) electrons. The van der Waals surface area contributed by atoms with Crippen molar-refractivity contribution in [3.63, 3.8) is 0 Å². The first-order valence-electron chi connectivity index (χ1n) is 11.5. The summed E-state index contributed by atoms with van der Waals surface area (Å²) >= 11 is 6.08.